The van der Waals surface area contributed by atoms with Crippen molar-refractivity contribution in [3.05, 3.63) is 35.5 Å². The lowest BCUT2D eigenvalue weighted by Gasteiger charge is -2.10. The van der Waals surface area contributed by atoms with E-state index in [2.05, 4.69) is 16.5 Å². The molecule has 0 spiro atoms. The maximum absolute atomic E-state index is 6.01. The van der Waals surface area contributed by atoms with Gasteiger partial charge in [0.2, 0.25) is 5.95 Å². The number of halogens is 1. The molecule has 0 unspecified atom stereocenters. The first-order valence-corrected chi connectivity index (χ1v) is 8.67. The molecule has 3 nitrogen and oxygen atoms in total. The van der Waals surface area contributed by atoms with Crippen LogP contribution in [0, 0.1) is 0 Å². The number of nitrogen functional groups attached to an aromatic ring is 1. The molecule has 0 amide bonds. The number of rotatable bonds is 9. The number of hydrogen-bond donors (Lipinski definition) is 1. The molecule has 2 rings (SSSR count). The van der Waals surface area contributed by atoms with E-state index in [4.69, 9.17) is 17.3 Å². The van der Waals surface area contributed by atoms with Gasteiger partial charge in [-0.25, -0.2) is 4.98 Å². The summed E-state index contributed by atoms with van der Waals surface area (Å²) >= 11 is 5.95. The summed E-state index contributed by atoms with van der Waals surface area (Å²) in [5.74, 6) is 0.593. The standard InChI is InChI=1S/C18H26ClN3/c1-2-3-4-5-6-7-8-13-22-17(14-21-18(22)20)15-9-11-16(19)12-10-15/h9-12,14H,2-8,13H2,1H3,(H2,20,21). The molecule has 0 saturated carbocycles. The zero-order chi connectivity index (χ0) is 15.8. The molecule has 0 fully saturated rings. The van der Waals surface area contributed by atoms with Crippen molar-refractivity contribution in [3.63, 3.8) is 0 Å². The van der Waals surface area contributed by atoms with Gasteiger partial charge in [0.25, 0.3) is 0 Å². The number of nitrogens with zero attached hydrogens (tertiary/aromatic N) is 2. The second-order valence-electron chi connectivity index (χ2n) is 5.78. The molecule has 1 heterocycles. The van der Waals surface area contributed by atoms with E-state index in [-0.39, 0.29) is 0 Å². The summed E-state index contributed by atoms with van der Waals surface area (Å²) in [7, 11) is 0. The number of aromatic nitrogens is 2. The molecule has 2 N–H and O–H groups in total. The zero-order valence-corrected chi connectivity index (χ0v) is 14.1. The Morgan fingerprint density at radius 3 is 2.32 bits per heavy atom. The van der Waals surface area contributed by atoms with E-state index < -0.39 is 0 Å². The Balaban J connectivity index is 1.88. The van der Waals surface area contributed by atoms with Crippen LogP contribution < -0.4 is 5.73 Å². The van der Waals surface area contributed by atoms with Crippen LogP contribution in [0.15, 0.2) is 30.5 Å². The van der Waals surface area contributed by atoms with E-state index in [0.29, 0.717) is 5.95 Å². The lowest BCUT2D eigenvalue weighted by molar-refractivity contribution is 0.554. The Labute approximate surface area is 138 Å². The smallest absolute Gasteiger partial charge is 0.200 e. The van der Waals surface area contributed by atoms with Gasteiger partial charge in [-0.2, -0.15) is 0 Å². The van der Waals surface area contributed by atoms with Crippen LogP contribution in [0.2, 0.25) is 5.02 Å². The molecule has 0 saturated heterocycles. The summed E-state index contributed by atoms with van der Waals surface area (Å²) < 4.78 is 2.11. The predicted molar refractivity (Wildman–Crippen MR) is 95.1 cm³/mol. The molecule has 22 heavy (non-hydrogen) atoms. The fourth-order valence-electron chi connectivity index (χ4n) is 2.70. The lowest BCUT2D eigenvalue weighted by atomic mass is 10.1. The van der Waals surface area contributed by atoms with Gasteiger partial charge >= 0.3 is 0 Å². The van der Waals surface area contributed by atoms with Gasteiger partial charge < -0.3 is 10.3 Å². The SMILES string of the molecule is CCCCCCCCCn1c(-c2ccc(Cl)cc2)cnc1N. The van der Waals surface area contributed by atoms with E-state index in [1.807, 2.05) is 30.5 Å². The second-order valence-corrected chi connectivity index (χ2v) is 6.22. The highest BCUT2D eigenvalue weighted by atomic mass is 35.5. The Bertz CT molecular complexity index is 560. The minimum atomic E-state index is 0.593. The van der Waals surface area contributed by atoms with Crippen LogP contribution in [0.5, 0.6) is 0 Å². The Morgan fingerprint density at radius 2 is 1.64 bits per heavy atom. The topological polar surface area (TPSA) is 43.8 Å². The molecule has 0 aliphatic carbocycles. The molecule has 4 heteroatoms. The van der Waals surface area contributed by atoms with Gasteiger partial charge in [0.1, 0.15) is 0 Å². The molecule has 2 aromatic rings. The summed E-state index contributed by atoms with van der Waals surface area (Å²) in [5.41, 5.74) is 8.19. The van der Waals surface area contributed by atoms with Gasteiger partial charge in [0.15, 0.2) is 0 Å². The Morgan fingerprint density at radius 1 is 1.00 bits per heavy atom. The highest BCUT2D eigenvalue weighted by Gasteiger charge is 2.09. The molecule has 0 atom stereocenters. The van der Waals surface area contributed by atoms with Crippen molar-refractivity contribution < 1.29 is 0 Å². The number of nitrogens with two attached hydrogens (primary N) is 1. The number of benzene rings is 1. The molecule has 0 aliphatic rings. The van der Waals surface area contributed by atoms with Crippen molar-refractivity contribution in [2.24, 2.45) is 0 Å². The van der Waals surface area contributed by atoms with Gasteiger partial charge in [0.05, 0.1) is 11.9 Å². The van der Waals surface area contributed by atoms with Crippen LogP contribution in [0.1, 0.15) is 51.9 Å². The fourth-order valence-corrected chi connectivity index (χ4v) is 2.83. The normalized spacial score (nSPS) is 11.0. The first kappa shape index (κ1) is 16.9. The van der Waals surface area contributed by atoms with Crippen LogP contribution in [0.4, 0.5) is 5.95 Å². The fraction of sp³-hybridized carbons (Fsp3) is 0.500. The minimum absolute atomic E-state index is 0.593. The number of unbranched alkanes of at least 4 members (excludes halogenated alkanes) is 6. The molecular formula is C18H26ClN3. The van der Waals surface area contributed by atoms with Crippen molar-refractivity contribution in [2.75, 3.05) is 5.73 Å². The molecule has 1 aromatic carbocycles. The molecule has 120 valence electrons. The average molecular weight is 320 g/mol. The van der Waals surface area contributed by atoms with E-state index in [1.54, 1.807) is 0 Å². The highest BCUT2D eigenvalue weighted by molar-refractivity contribution is 6.30. The summed E-state index contributed by atoms with van der Waals surface area (Å²) in [4.78, 5) is 4.26. The van der Waals surface area contributed by atoms with Gasteiger partial charge in [-0.1, -0.05) is 69.2 Å². The number of anilines is 1. The van der Waals surface area contributed by atoms with E-state index in [1.165, 1.54) is 38.5 Å². The maximum Gasteiger partial charge on any atom is 0.200 e. The Kier molecular flexibility index (Phi) is 6.78. The van der Waals surface area contributed by atoms with Crippen molar-refractivity contribution in [1.82, 2.24) is 9.55 Å². The van der Waals surface area contributed by atoms with Gasteiger partial charge in [-0.3, -0.25) is 0 Å². The van der Waals surface area contributed by atoms with Crippen molar-refractivity contribution in [2.45, 2.75) is 58.4 Å². The predicted octanol–water partition coefficient (Wildman–Crippen LogP) is 5.54. The molecule has 0 bridgehead atoms. The second kappa shape index (κ2) is 8.84. The largest absolute Gasteiger partial charge is 0.369 e. The van der Waals surface area contributed by atoms with Crippen LogP contribution >= 0.6 is 11.6 Å². The van der Waals surface area contributed by atoms with Crippen LogP contribution in [0.3, 0.4) is 0 Å². The number of hydrogen-bond acceptors (Lipinski definition) is 2. The zero-order valence-electron chi connectivity index (χ0n) is 13.4. The maximum atomic E-state index is 6.01. The lowest BCUT2D eigenvalue weighted by Crippen LogP contribution is -2.05. The highest BCUT2D eigenvalue weighted by Crippen LogP contribution is 2.24. The quantitative estimate of drug-likeness (QED) is 0.617. The van der Waals surface area contributed by atoms with Crippen molar-refractivity contribution in [1.29, 1.82) is 0 Å². The summed E-state index contributed by atoms with van der Waals surface area (Å²) in [6.45, 7) is 3.18. The van der Waals surface area contributed by atoms with Crippen LogP contribution in [-0.4, -0.2) is 9.55 Å². The minimum Gasteiger partial charge on any atom is -0.369 e. The summed E-state index contributed by atoms with van der Waals surface area (Å²) in [6.07, 6.45) is 10.9. The van der Waals surface area contributed by atoms with Gasteiger partial charge in [-0.05, 0) is 24.1 Å². The number of imidazole rings is 1. The van der Waals surface area contributed by atoms with Gasteiger partial charge in [0, 0.05) is 11.6 Å². The molecular weight excluding hydrogens is 294 g/mol. The summed E-state index contributed by atoms with van der Waals surface area (Å²) in [6, 6.07) is 7.83. The summed E-state index contributed by atoms with van der Waals surface area (Å²) in [5, 5.41) is 0.745. The van der Waals surface area contributed by atoms with E-state index >= 15 is 0 Å². The van der Waals surface area contributed by atoms with E-state index in [0.717, 1.165) is 29.2 Å². The molecule has 0 aliphatic heterocycles. The third kappa shape index (κ3) is 4.77. The van der Waals surface area contributed by atoms with Crippen LogP contribution in [-0.2, 0) is 6.54 Å². The van der Waals surface area contributed by atoms with Crippen LogP contribution in [0.25, 0.3) is 11.3 Å². The average Bonchev–Trinajstić information content (AvgIpc) is 2.88. The molecule has 1 aromatic heterocycles. The van der Waals surface area contributed by atoms with E-state index in [9.17, 15) is 0 Å². The Hall–Kier alpha value is -1.48. The first-order valence-electron chi connectivity index (χ1n) is 8.29. The van der Waals surface area contributed by atoms with Gasteiger partial charge in [-0.15, -0.1) is 0 Å². The van der Waals surface area contributed by atoms with Crippen molar-refractivity contribution >= 4 is 17.5 Å². The third-order valence-electron chi connectivity index (χ3n) is 4.01. The monoisotopic (exact) mass is 319 g/mol. The third-order valence-corrected chi connectivity index (χ3v) is 4.26. The first-order chi connectivity index (χ1) is 10.7. The molecule has 0 radical (unpaired) electrons. The van der Waals surface area contributed by atoms with Crippen molar-refractivity contribution in [3.8, 4) is 11.3 Å².